The second-order valence-corrected chi connectivity index (χ2v) is 7.95. The molecule has 0 saturated heterocycles. The summed E-state index contributed by atoms with van der Waals surface area (Å²) in [6, 6.07) is 26.5. The van der Waals surface area contributed by atoms with Gasteiger partial charge in [0, 0.05) is 5.56 Å². The summed E-state index contributed by atoms with van der Waals surface area (Å²) in [5.74, 6) is 1.96. The standard InChI is InChI=1S/C26H27N2O2.BrH/c1-3-30-23-16-14-21(15-17-23)26(29)19(2)27(22-10-5-4-6-11-22)25-18-13-20-9-7-8-12-24(20)28(25)26;/h4-12,14-17,19,29H,3,13,18H2,1-2H3;1H/q+1;/p-1. The summed E-state index contributed by atoms with van der Waals surface area (Å²) in [6.07, 6.45) is 1.85. The van der Waals surface area contributed by atoms with Gasteiger partial charge >= 0.3 is 0 Å². The van der Waals surface area contributed by atoms with Crippen molar-refractivity contribution in [1.29, 1.82) is 0 Å². The third-order valence-corrected chi connectivity index (χ3v) is 6.32. The maximum atomic E-state index is 12.3. The van der Waals surface area contributed by atoms with Crippen LogP contribution in [0.3, 0.4) is 0 Å². The molecule has 3 aromatic rings. The van der Waals surface area contributed by atoms with E-state index in [4.69, 9.17) is 4.74 Å². The number of hydrogen-bond acceptors (Lipinski definition) is 3. The van der Waals surface area contributed by atoms with Crippen molar-refractivity contribution in [3.63, 3.8) is 0 Å². The number of halogens is 1. The highest BCUT2D eigenvalue weighted by atomic mass is 79.9. The lowest BCUT2D eigenvalue weighted by Crippen LogP contribution is -3.00. The van der Waals surface area contributed by atoms with Crippen molar-refractivity contribution in [3.8, 4) is 5.75 Å². The van der Waals surface area contributed by atoms with Crippen LogP contribution in [0.25, 0.3) is 0 Å². The van der Waals surface area contributed by atoms with Gasteiger partial charge in [-0.1, -0.05) is 36.4 Å². The van der Waals surface area contributed by atoms with Gasteiger partial charge in [-0.3, -0.25) is 0 Å². The number of aryl methyl sites for hydroxylation is 1. The molecule has 0 aliphatic carbocycles. The van der Waals surface area contributed by atoms with Crippen LogP contribution in [0.1, 0.15) is 31.4 Å². The fourth-order valence-electron chi connectivity index (χ4n) is 4.93. The van der Waals surface area contributed by atoms with Crippen molar-refractivity contribution in [2.45, 2.75) is 38.5 Å². The molecular formula is C26H27BrN2O2. The molecule has 0 radical (unpaired) electrons. The van der Waals surface area contributed by atoms with Gasteiger partial charge in [0.1, 0.15) is 17.1 Å². The molecule has 0 amide bonds. The summed E-state index contributed by atoms with van der Waals surface area (Å²) in [7, 11) is 0. The second-order valence-electron chi connectivity index (χ2n) is 7.95. The molecule has 4 nitrogen and oxygen atoms in total. The smallest absolute Gasteiger partial charge is 0.278 e. The van der Waals surface area contributed by atoms with Gasteiger partial charge in [-0.2, -0.15) is 4.58 Å². The summed E-state index contributed by atoms with van der Waals surface area (Å²) in [5, 5.41) is 12.3. The van der Waals surface area contributed by atoms with E-state index in [2.05, 4.69) is 64.9 Å². The first-order valence-corrected chi connectivity index (χ1v) is 10.7. The Labute approximate surface area is 194 Å². The van der Waals surface area contributed by atoms with Crippen molar-refractivity contribution < 1.29 is 31.4 Å². The van der Waals surface area contributed by atoms with Crippen LogP contribution in [0.15, 0.2) is 78.9 Å². The Morgan fingerprint density at radius 1 is 0.968 bits per heavy atom. The third kappa shape index (κ3) is 3.36. The Hall–Kier alpha value is -2.63. The molecule has 2 heterocycles. The highest BCUT2D eigenvalue weighted by Crippen LogP contribution is 2.45. The quantitative estimate of drug-likeness (QED) is 0.581. The number of anilines is 1. The van der Waals surface area contributed by atoms with E-state index < -0.39 is 5.72 Å². The molecule has 2 unspecified atom stereocenters. The second kappa shape index (κ2) is 8.48. The largest absolute Gasteiger partial charge is 1.00 e. The molecular weight excluding hydrogens is 452 g/mol. The highest BCUT2D eigenvalue weighted by Gasteiger charge is 2.59. The van der Waals surface area contributed by atoms with E-state index in [9.17, 15) is 5.11 Å². The van der Waals surface area contributed by atoms with Crippen LogP contribution in [-0.4, -0.2) is 28.2 Å². The number of hydrogen-bond donors (Lipinski definition) is 1. The van der Waals surface area contributed by atoms with E-state index in [0.29, 0.717) is 6.61 Å². The maximum absolute atomic E-state index is 12.3. The number of aliphatic hydroxyl groups is 1. The van der Waals surface area contributed by atoms with Gasteiger partial charge in [0.05, 0.1) is 13.0 Å². The fourth-order valence-corrected chi connectivity index (χ4v) is 4.93. The number of benzene rings is 3. The molecule has 31 heavy (non-hydrogen) atoms. The number of para-hydroxylation sites is 2. The highest BCUT2D eigenvalue weighted by molar-refractivity contribution is 5.98. The third-order valence-electron chi connectivity index (χ3n) is 6.32. The van der Waals surface area contributed by atoms with Crippen molar-refractivity contribution in [1.82, 2.24) is 0 Å². The maximum Gasteiger partial charge on any atom is 0.278 e. The molecule has 1 N–H and O–H groups in total. The minimum Gasteiger partial charge on any atom is -1.00 e. The van der Waals surface area contributed by atoms with Crippen LogP contribution in [0.5, 0.6) is 5.75 Å². The first kappa shape index (κ1) is 21.6. The normalized spacial score (nSPS) is 21.9. The molecule has 0 fully saturated rings. The van der Waals surface area contributed by atoms with Crippen molar-refractivity contribution in [2.75, 3.05) is 11.5 Å². The van der Waals surface area contributed by atoms with Gasteiger partial charge < -0.3 is 26.8 Å². The summed E-state index contributed by atoms with van der Waals surface area (Å²) in [4.78, 5) is 2.30. The van der Waals surface area contributed by atoms with E-state index in [1.54, 1.807) is 0 Å². The average molecular weight is 479 g/mol. The van der Waals surface area contributed by atoms with Crippen LogP contribution < -0.4 is 26.6 Å². The summed E-state index contributed by atoms with van der Waals surface area (Å²) in [6.45, 7) is 4.71. The molecule has 2 aliphatic heterocycles. The lowest BCUT2D eigenvalue weighted by molar-refractivity contribution is -0.601. The van der Waals surface area contributed by atoms with Crippen LogP contribution in [0, 0.1) is 0 Å². The van der Waals surface area contributed by atoms with Crippen LogP contribution in [0.2, 0.25) is 0 Å². The summed E-state index contributed by atoms with van der Waals surface area (Å²) < 4.78 is 7.78. The molecule has 0 bridgehead atoms. The average Bonchev–Trinajstić information content (AvgIpc) is 3.03. The Bertz CT molecular complexity index is 1100. The lowest BCUT2D eigenvalue weighted by Gasteiger charge is -2.29. The van der Waals surface area contributed by atoms with Crippen LogP contribution in [0.4, 0.5) is 11.4 Å². The van der Waals surface area contributed by atoms with Gasteiger partial charge in [0.15, 0.2) is 6.04 Å². The van der Waals surface area contributed by atoms with Gasteiger partial charge in [0.2, 0.25) is 0 Å². The molecule has 2 aliphatic rings. The summed E-state index contributed by atoms with van der Waals surface area (Å²) in [5.41, 5.74) is 3.14. The first-order valence-electron chi connectivity index (χ1n) is 10.7. The molecule has 2 atom stereocenters. The SMILES string of the molecule is CCOc1ccc(C2(O)C(C)N(c3ccccc3)C3=[N+]2c2ccccc2CC3)cc1.[Br-]. The van der Waals surface area contributed by atoms with Crippen LogP contribution >= 0.6 is 0 Å². The van der Waals surface area contributed by atoms with E-state index in [1.165, 1.54) is 5.56 Å². The number of ether oxygens (including phenoxy) is 1. The Kier molecular flexibility index (Phi) is 5.91. The predicted octanol–water partition coefficient (Wildman–Crippen LogP) is 1.83. The molecule has 3 aromatic carbocycles. The molecule has 5 heteroatoms. The number of amidine groups is 1. The van der Waals surface area contributed by atoms with E-state index in [1.807, 2.05) is 37.3 Å². The van der Waals surface area contributed by atoms with E-state index in [0.717, 1.165) is 41.4 Å². The van der Waals surface area contributed by atoms with Crippen molar-refractivity contribution in [2.24, 2.45) is 0 Å². The zero-order valence-electron chi connectivity index (χ0n) is 17.8. The molecule has 5 rings (SSSR count). The molecule has 0 saturated carbocycles. The topological polar surface area (TPSA) is 35.7 Å². The van der Waals surface area contributed by atoms with E-state index in [-0.39, 0.29) is 23.0 Å². The van der Waals surface area contributed by atoms with Gasteiger partial charge in [0.25, 0.3) is 11.6 Å². The van der Waals surface area contributed by atoms with Gasteiger partial charge in [-0.15, -0.1) is 0 Å². The van der Waals surface area contributed by atoms with E-state index >= 15 is 0 Å². The Balaban J connectivity index is 0.00000231. The minimum atomic E-state index is -1.19. The Morgan fingerprint density at radius 2 is 1.65 bits per heavy atom. The van der Waals surface area contributed by atoms with Crippen molar-refractivity contribution >= 4 is 17.2 Å². The Morgan fingerprint density at radius 3 is 2.35 bits per heavy atom. The number of fused-ring (bicyclic) bond motifs is 2. The number of nitrogens with zero attached hydrogens (tertiary/aromatic N) is 2. The van der Waals surface area contributed by atoms with Gasteiger partial charge in [-0.05, 0) is 68.3 Å². The van der Waals surface area contributed by atoms with Crippen LogP contribution in [-0.2, 0) is 12.1 Å². The number of rotatable bonds is 4. The zero-order chi connectivity index (χ0) is 20.7. The first-order chi connectivity index (χ1) is 14.6. The molecule has 0 spiro atoms. The monoisotopic (exact) mass is 478 g/mol. The minimum absolute atomic E-state index is 0. The lowest BCUT2D eigenvalue weighted by atomic mass is 9.93. The van der Waals surface area contributed by atoms with Gasteiger partial charge in [-0.25, -0.2) is 4.90 Å². The molecule has 0 aromatic heterocycles. The van der Waals surface area contributed by atoms with Crippen molar-refractivity contribution in [3.05, 3.63) is 90.0 Å². The zero-order valence-corrected chi connectivity index (χ0v) is 19.4. The summed E-state index contributed by atoms with van der Waals surface area (Å²) >= 11 is 0. The molecule has 160 valence electrons. The fraction of sp³-hybridized carbons (Fsp3) is 0.269. The predicted molar refractivity (Wildman–Crippen MR) is 120 cm³/mol.